The van der Waals surface area contributed by atoms with E-state index >= 15 is 0 Å². The van der Waals surface area contributed by atoms with Crippen molar-refractivity contribution in [2.75, 3.05) is 25.0 Å². The molecule has 2 aliphatic rings. The number of likely N-dealkylation sites (N-methyl/N-ethyl adjacent to an activating group) is 1. The number of halogens is 1. The lowest BCUT2D eigenvalue weighted by Crippen LogP contribution is -2.44. The van der Waals surface area contributed by atoms with Crippen LogP contribution in [0.15, 0.2) is 22.7 Å². The summed E-state index contributed by atoms with van der Waals surface area (Å²) in [5, 5.41) is 3.48. The van der Waals surface area contributed by atoms with Gasteiger partial charge in [-0.2, -0.15) is 0 Å². The summed E-state index contributed by atoms with van der Waals surface area (Å²) in [6.45, 7) is 2.27. The first kappa shape index (κ1) is 9.67. The molecule has 0 aromatic heterocycles. The van der Waals surface area contributed by atoms with E-state index in [1.807, 2.05) is 0 Å². The van der Waals surface area contributed by atoms with Crippen LogP contribution in [0.4, 0.5) is 5.69 Å². The van der Waals surface area contributed by atoms with Crippen LogP contribution in [-0.4, -0.2) is 26.2 Å². The van der Waals surface area contributed by atoms with Gasteiger partial charge in [0.25, 0.3) is 0 Å². The van der Waals surface area contributed by atoms with Crippen molar-refractivity contribution >= 4 is 21.6 Å². The van der Waals surface area contributed by atoms with Gasteiger partial charge in [0.1, 0.15) is 0 Å². The van der Waals surface area contributed by atoms with Gasteiger partial charge in [-0.05, 0) is 40.5 Å². The third-order valence-electron chi connectivity index (χ3n) is 3.72. The maximum absolute atomic E-state index is 3.66. The van der Waals surface area contributed by atoms with Crippen LogP contribution in [0.1, 0.15) is 17.9 Å². The molecule has 2 unspecified atom stereocenters. The third kappa shape index (κ3) is 1.33. The molecule has 0 amide bonds. The Labute approximate surface area is 98.8 Å². The molecule has 0 bridgehead atoms. The van der Waals surface area contributed by atoms with Crippen LogP contribution >= 0.6 is 15.9 Å². The Balaban J connectivity index is 2.11. The number of benzene rings is 1. The Kier molecular flexibility index (Phi) is 2.25. The van der Waals surface area contributed by atoms with Crippen LogP contribution in [0.5, 0.6) is 0 Å². The minimum atomic E-state index is 0.646. The monoisotopic (exact) mass is 266 g/mol. The summed E-state index contributed by atoms with van der Waals surface area (Å²) < 4.78 is 1.23. The largest absolute Gasteiger partial charge is 0.369 e. The third-order valence-corrected chi connectivity index (χ3v) is 4.36. The molecule has 1 N–H and O–H groups in total. The molecule has 2 nitrogen and oxygen atoms in total. The minimum absolute atomic E-state index is 0.646. The predicted molar refractivity (Wildman–Crippen MR) is 66.6 cm³/mol. The average molecular weight is 267 g/mol. The molecule has 2 aliphatic heterocycles. The molecule has 3 rings (SSSR count). The summed E-state index contributed by atoms with van der Waals surface area (Å²) in [7, 11) is 2.21. The van der Waals surface area contributed by atoms with Gasteiger partial charge in [-0.15, -0.1) is 0 Å². The van der Waals surface area contributed by atoms with Crippen LogP contribution in [0, 0.1) is 0 Å². The molecular formula is C12H15BrN2. The lowest BCUT2D eigenvalue weighted by molar-refractivity contribution is 0.413. The first-order valence-corrected chi connectivity index (χ1v) is 6.30. The van der Waals surface area contributed by atoms with Crippen LogP contribution in [-0.2, 0) is 0 Å². The molecule has 15 heavy (non-hydrogen) atoms. The van der Waals surface area contributed by atoms with E-state index in [0.717, 1.165) is 19.0 Å². The molecule has 1 saturated heterocycles. The molecule has 1 aromatic carbocycles. The highest BCUT2D eigenvalue weighted by Crippen LogP contribution is 2.46. The zero-order valence-electron chi connectivity index (χ0n) is 8.83. The van der Waals surface area contributed by atoms with Gasteiger partial charge >= 0.3 is 0 Å². The molecule has 2 atom stereocenters. The number of hydrogen-bond donors (Lipinski definition) is 1. The first-order valence-electron chi connectivity index (χ1n) is 5.51. The lowest BCUT2D eigenvalue weighted by atomic mass is 9.89. The number of nitrogens with one attached hydrogen (secondary N) is 1. The number of anilines is 1. The fraction of sp³-hybridized carbons (Fsp3) is 0.500. The van der Waals surface area contributed by atoms with E-state index in [4.69, 9.17) is 0 Å². The van der Waals surface area contributed by atoms with E-state index < -0.39 is 0 Å². The van der Waals surface area contributed by atoms with Gasteiger partial charge in [0.15, 0.2) is 0 Å². The zero-order chi connectivity index (χ0) is 10.4. The minimum Gasteiger partial charge on any atom is -0.369 e. The second kappa shape index (κ2) is 3.49. The van der Waals surface area contributed by atoms with E-state index in [0.29, 0.717) is 6.04 Å². The van der Waals surface area contributed by atoms with Crippen LogP contribution < -0.4 is 10.2 Å². The van der Waals surface area contributed by atoms with Crippen molar-refractivity contribution < 1.29 is 0 Å². The molecule has 1 aromatic rings. The molecule has 2 heterocycles. The highest BCUT2D eigenvalue weighted by molar-refractivity contribution is 9.10. The highest BCUT2D eigenvalue weighted by atomic mass is 79.9. The van der Waals surface area contributed by atoms with Gasteiger partial charge in [-0.3, -0.25) is 0 Å². The Morgan fingerprint density at radius 1 is 1.47 bits per heavy atom. The molecule has 80 valence electrons. The Bertz CT molecular complexity index is 391. The maximum Gasteiger partial charge on any atom is 0.0547 e. The lowest BCUT2D eigenvalue weighted by Gasteiger charge is -2.31. The number of hydrogen-bond acceptors (Lipinski definition) is 2. The summed E-state index contributed by atoms with van der Waals surface area (Å²) in [4.78, 5) is 2.43. The van der Waals surface area contributed by atoms with Gasteiger partial charge in [-0.25, -0.2) is 0 Å². The van der Waals surface area contributed by atoms with Crippen LogP contribution in [0.2, 0.25) is 0 Å². The van der Waals surface area contributed by atoms with E-state index in [-0.39, 0.29) is 0 Å². The van der Waals surface area contributed by atoms with E-state index in [1.54, 1.807) is 0 Å². The van der Waals surface area contributed by atoms with Gasteiger partial charge in [0.2, 0.25) is 0 Å². The smallest absolute Gasteiger partial charge is 0.0547 e. The van der Waals surface area contributed by atoms with Gasteiger partial charge in [-0.1, -0.05) is 12.1 Å². The van der Waals surface area contributed by atoms with Crippen molar-refractivity contribution in [1.82, 2.24) is 5.32 Å². The number of para-hydroxylation sites is 1. The SMILES string of the molecule is CN1c2c(Br)cccc2C2CCNCC21. The van der Waals surface area contributed by atoms with Gasteiger partial charge in [0.05, 0.1) is 5.69 Å². The topological polar surface area (TPSA) is 15.3 Å². The number of nitrogens with zero attached hydrogens (tertiary/aromatic N) is 1. The molecular weight excluding hydrogens is 252 g/mol. The Hall–Kier alpha value is -0.540. The standard InChI is InChI=1S/C12H15BrN2/c1-15-11-7-14-6-5-8(11)9-3-2-4-10(13)12(9)15/h2-4,8,11,14H,5-7H2,1H3. The summed E-state index contributed by atoms with van der Waals surface area (Å²) >= 11 is 3.66. The van der Waals surface area contributed by atoms with Crippen LogP contribution in [0.25, 0.3) is 0 Å². The van der Waals surface area contributed by atoms with E-state index in [2.05, 4.69) is 51.4 Å². The number of rotatable bonds is 0. The number of piperidine rings is 1. The predicted octanol–water partition coefficient (Wildman–Crippen LogP) is 2.34. The summed E-state index contributed by atoms with van der Waals surface area (Å²) in [6.07, 6.45) is 1.26. The van der Waals surface area contributed by atoms with Gasteiger partial charge < -0.3 is 10.2 Å². The molecule has 0 aliphatic carbocycles. The normalized spacial score (nSPS) is 28.8. The highest BCUT2D eigenvalue weighted by Gasteiger charge is 2.38. The molecule has 1 fully saturated rings. The number of fused-ring (bicyclic) bond motifs is 3. The van der Waals surface area contributed by atoms with Crippen molar-refractivity contribution in [2.45, 2.75) is 18.4 Å². The van der Waals surface area contributed by atoms with Gasteiger partial charge in [0, 0.05) is 30.0 Å². The second-order valence-electron chi connectivity index (χ2n) is 4.46. The maximum atomic E-state index is 3.66. The molecule has 0 radical (unpaired) electrons. The zero-order valence-corrected chi connectivity index (χ0v) is 10.4. The van der Waals surface area contributed by atoms with Crippen molar-refractivity contribution in [3.63, 3.8) is 0 Å². The van der Waals surface area contributed by atoms with E-state index in [9.17, 15) is 0 Å². The van der Waals surface area contributed by atoms with E-state index in [1.165, 1.54) is 22.1 Å². The molecule has 0 spiro atoms. The Morgan fingerprint density at radius 2 is 2.33 bits per heavy atom. The second-order valence-corrected chi connectivity index (χ2v) is 5.31. The van der Waals surface area contributed by atoms with Crippen molar-refractivity contribution in [3.8, 4) is 0 Å². The summed E-state index contributed by atoms with van der Waals surface area (Å²) in [5.74, 6) is 0.726. The van der Waals surface area contributed by atoms with Crippen molar-refractivity contribution in [1.29, 1.82) is 0 Å². The molecule has 0 saturated carbocycles. The van der Waals surface area contributed by atoms with Crippen LogP contribution in [0.3, 0.4) is 0 Å². The van der Waals surface area contributed by atoms with Crippen molar-refractivity contribution in [2.24, 2.45) is 0 Å². The molecule has 3 heteroatoms. The average Bonchev–Trinajstić information content (AvgIpc) is 2.55. The Morgan fingerprint density at radius 3 is 3.20 bits per heavy atom. The quantitative estimate of drug-likeness (QED) is 0.776. The fourth-order valence-corrected chi connectivity index (χ4v) is 3.64. The first-order chi connectivity index (χ1) is 7.29. The fourth-order valence-electron chi connectivity index (χ4n) is 2.98. The summed E-state index contributed by atoms with van der Waals surface area (Å²) in [5.41, 5.74) is 2.93. The van der Waals surface area contributed by atoms with Crippen molar-refractivity contribution in [3.05, 3.63) is 28.2 Å². The summed E-state index contributed by atoms with van der Waals surface area (Å²) in [6, 6.07) is 7.22.